The largest absolute Gasteiger partial charge is 0.490 e. The zero-order chi connectivity index (χ0) is 40.4. The number of benzene rings is 5. The number of aryl methyl sites for hydroxylation is 3. The van der Waals surface area contributed by atoms with E-state index in [1.807, 2.05) is 11.3 Å². The quantitative estimate of drug-likeness (QED) is 0.163. The molecule has 0 unspecified atom stereocenters. The van der Waals surface area contributed by atoms with Gasteiger partial charge in [-0.15, -0.1) is 11.3 Å². The van der Waals surface area contributed by atoms with E-state index in [1.165, 1.54) is 70.8 Å². The fraction of sp³-hybridized carbons (Fsp3) is 0.360. The first-order chi connectivity index (χ1) is 27.7. The van der Waals surface area contributed by atoms with Gasteiger partial charge in [0, 0.05) is 56.4 Å². The standard InChI is InChI=1S/C50H53BN2O4S/c1-28-22-33(50(8,9)10)23-29(2)44(28)52-36-14-11-15-37-43(36)51(35-26-39-40(27-38(35)52)55-19-12-18-54-39)48-46(34-25-32(49(5,6)7)16-17-42(34)58-48)53(37)45-30(3)24-41-47(31(45)4)57-21-13-20-56-41/h11,14-17,22-27H,12-13,18-21H2,1-10H3. The van der Waals surface area contributed by atoms with Crippen molar-refractivity contribution in [1.82, 2.24) is 0 Å². The van der Waals surface area contributed by atoms with E-state index in [0.29, 0.717) is 26.4 Å². The summed E-state index contributed by atoms with van der Waals surface area (Å²) < 4.78 is 28.4. The summed E-state index contributed by atoms with van der Waals surface area (Å²) in [5, 5.41) is 1.28. The summed E-state index contributed by atoms with van der Waals surface area (Å²) in [5.74, 6) is 3.31. The lowest BCUT2D eigenvalue weighted by Gasteiger charge is -2.44. The number of ether oxygens (including phenoxy) is 4. The summed E-state index contributed by atoms with van der Waals surface area (Å²) in [6.45, 7) is 25.3. The van der Waals surface area contributed by atoms with Gasteiger partial charge in [-0.3, -0.25) is 0 Å². The molecule has 58 heavy (non-hydrogen) atoms. The monoisotopic (exact) mass is 788 g/mol. The highest BCUT2D eigenvalue weighted by molar-refractivity contribution is 7.33. The van der Waals surface area contributed by atoms with E-state index in [9.17, 15) is 0 Å². The molecule has 0 amide bonds. The van der Waals surface area contributed by atoms with Crippen LogP contribution in [0.15, 0.2) is 66.7 Å². The Kier molecular flexibility index (Phi) is 8.48. The van der Waals surface area contributed by atoms with Crippen LogP contribution in [0, 0.1) is 27.7 Å². The van der Waals surface area contributed by atoms with Gasteiger partial charge in [0.15, 0.2) is 23.0 Å². The summed E-state index contributed by atoms with van der Waals surface area (Å²) in [6.07, 6.45) is 1.71. The van der Waals surface area contributed by atoms with Crippen LogP contribution >= 0.6 is 11.3 Å². The molecule has 0 radical (unpaired) electrons. The van der Waals surface area contributed by atoms with Crippen molar-refractivity contribution in [2.24, 2.45) is 0 Å². The van der Waals surface area contributed by atoms with Crippen LogP contribution in [0.1, 0.15) is 87.8 Å². The summed E-state index contributed by atoms with van der Waals surface area (Å²) in [4.78, 5) is 5.10. The first-order valence-electron chi connectivity index (χ1n) is 21.0. The molecule has 0 atom stereocenters. The first kappa shape index (κ1) is 37.2. The van der Waals surface area contributed by atoms with Crippen molar-refractivity contribution in [3.05, 3.63) is 100 Å². The number of thiophene rings is 1. The van der Waals surface area contributed by atoms with Crippen LogP contribution in [0.2, 0.25) is 0 Å². The Morgan fingerprint density at radius 2 is 1.17 bits per heavy atom. The second kappa shape index (κ2) is 13.2. The van der Waals surface area contributed by atoms with Gasteiger partial charge in [0.2, 0.25) is 0 Å². The van der Waals surface area contributed by atoms with Crippen molar-refractivity contribution >= 4 is 78.0 Å². The predicted octanol–water partition coefficient (Wildman–Crippen LogP) is 11.1. The maximum atomic E-state index is 6.51. The molecule has 8 heteroatoms. The Labute approximate surface area is 347 Å². The van der Waals surface area contributed by atoms with Crippen molar-refractivity contribution in [2.45, 2.75) is 92.9 Å². The molecule has 0 fully saturated rings. The van der Waals surface area contributed by atoms with Gasteiger partial charge in [0.25, 0.3) is 6.71 Å². The third-order valence-corrected chi connectivity index (χ3v) is 13.8. The minimum Gasteiger partial charge on any atom is -0.490 e. The fourth-order valence-electron chi connectivity index (χ4n) is 9.72. The average Bonchev–Trinajstić information content (AvgIpc) is 3.28. The Hall–Kier alpha value is -5.08. The molecule has 1 aromatic heterocycles. The zero-order valence-corrected chi connectivity index (χ0v) is 36.4. The lowest BCUT2D eigenvalue weighted by atomic mass is 9.36. The zero-order valence-electron chi connectivity index (χ0n) is 35.6. The van der Waals surface area contributed by atoms with E-state index in [4.69, 9.17) is 18.9 Å². The maximum Gasteiger partial charge on any atom is 0.264 e. The molecule has 4 aliphatic heterocycles. The lowest BCUT2D eigenvalue weighted by Crippen LogP contribution is -2.60. The van der Waals surface area contributed by atoms with E-state index >= 15 is 0 Å². The van der Waals surface area contributed by atoms with Crippen LogP contribution in [0.4, 0.5) is 34.1 Å². The van der Waals surface area contributed by atoms with Gasteiger partial charge < -0.3 is 28.7 Å². The Balaban J connectivity index is 1.32. The molecule has 296 valence electrons. The molecular formula is C50H53BN2O4S. The minimum atomic E-state index is -0.0353. The highest BCUT2D eigenvalue weighted by Crippen LogP contribution is 2.53. The first-order valence-corrected chi connectivity index (χ1v) is 21.8. The molecule has 10 rings (SSSR count). The molecule has 0 bridgehead atoms. The average molecular weight is 789 g/mol. The SMILES string of the molecule is Cc1cc(C(C)(C)C)cc(C)c1N1c2cc3c(cc2B2c4sc5ccc(C(C)(C)C)cc5c4N(c4c(C)cc5c(c4C)OCCCO5)c4cccc1c42)OCCCO3. The number of anilines is 6. The topological polar surface area (TPSA) is 43.4 Å². The number of nitrogens with zero attached hydrogens (tertiary/aromatic N) is 2. The second-order valence-corrected chi connectivity index (χ2v) is 19.8. The molecular weight excluding hydrogens is 735 g/mol. The number of hydrogen-bond donors (Lipinski definition) is 0. The van der Waals surface area contributed by atoms with E-state index in [-0.39, 0.29) is 17.5 Å². The van der Waals surface area contributed by atoms with Gasteiger partial charge >= 0.3 is 0 Å². The molecule has 5 aromatic carbocycles. The Morgan fingerprint density at radius 3 is 1.84 bits per heavy atom. The van der Waals surface area contributed by atoms with Crippen LogP contribution in [0.3, 0.4) is 0 Å². The van der Waals surface area contributed by atoms with Gasteiger partial charge in [0.05, 0.1) is 43.5 Å². The third-order valence-electron chi connectivity index (χ3n) is 12.6. The van der Waals surface area contributed by atoms with E-state index in [0.717, 1.165) is 58.3 Å². The number of fused-ring (bicyclic) bond motifs is 8. The van der Waals surface area contributed by atoms with Gasteiger partial charge in [-0.1, -0.05) is 65.8 Å². The maximum absolute atomic E-state index is 6.51. The predicted molar refractivity (Wildman–Crippen MR) is 243 cm³/mol. The molecule has 0 aliphatic carbocycles. The van der Waals surface area contributed by atoms with Crippen molar-refractivity contribution < 1.29 is 18.9 Å². The summed E-state index contributed by atoms with van der Waals surface area (Å²) in [6, 6.07) is 25.6. The van der Waals surface area contributed by atoms with Gasteiger partial charge in [-0.2, -0.15) is 0 Å². The molecule has 5 heterocycles. The molecule has 0 N–H and O–H groups in total. The Bertz CT molecular complexity index is 2660. The minimum absolute atomic E-state index is 0.0141. The summed E-state index contributed by atoms with van der Waals surface area (Å²) in [5.41, 5.74) is 17.1. The molecule has 0 saturated heterocycles. The molecule has 6 aromatic rings. The number of rotatable bonds is 2. The fourth-order valence-corrected chi connectivity index (χ4v) is 11.0. The molecule has 4 aliphatic rings. The van der Waals surface area contributed by atoms with Crippen molar-refractivity contribution in [1.29, 1.82) is 0 Å². The van der Waals surface area contributed by atoms with E-state index in [2.05, 4.69) is 146 Å². The lowest BCUT2D eigenvalue weighted by molar-refractivity contribution is 0.296. The Morgan fingerprint density at radius 1 is 0.569 bits per heavy atom. The smallest absolute Gasteiger partial charge is 0.264 e. The van der Waals surface area contributed by atoms with Gasteiger partial charge in [-0.05, 0) is 114 Å². The van der Waals surface area contributed by atoms with E-state index < -0.39 is 0 Å². The second-order valence-electron chi connectivity index (χ2n) is 18.8. The van der Waals surface area contributed by atoms with Crippen LogP contribution in [0.25, 0.3) is 10.1 Å². The van der Waals surface area contributed by atoms with Crippen LogP contribution < -0.4 is 44.4 Å². The normalized spacial score (nSPS) is 15.8. The highest BCUT2D eigenvalue weighted by atomic mass is 32.1. The number of hydrogen-bond acceptors (Lipinski definition) is 7. The van der Waals surface area contributed by atoms with Crippen LogP contribution in [-0.4, -0.2) is 33.1 Å². The van der Waals surface area contributed by atoms with Gasteiger partial charge in [0.1, 0.15) is 0 Å². The van der Waals surface area contributed by atoms with Crippen molar-refractivity contribution in [2.75, 3.05) is 36.2 Å². The van der Waals surface area contributed by atoms with Crippen molar-refractivity contribution in [3.63, 3.8) is 0 Å². The molecule has 6 nitrogen and oxygen atoms in total. The molecule has 0 saturated carbocycles. The summed E-state index contributed by atoms with van der Waals surface area (Å²) >= 11 is 1.93. The highest BCUT2D eigenvalue weighted by Gasteiger charge is 2.47. The van der Waals surface area contributed by atoms with Gasteiger partial charge in [-0.25, -0.2) is 0 Å². The summed E-state index contributed by atoms with van der Waals surface area (Å²) in [7, 11) is 0. The van der Waals surface area contributed by atoms with E-state index in [1.54, 1.807) is 0 Å². The van der Waals surface area contributed by atoms with Crippen molar-refractivity contribution in [3.8, 4) is 23.0 Å². The third kappa shape index (κ3) is 5.65. The molecule has 0 spiro atoms. The van der Waals surface area contributed by atoms with Crippen LogP contribution in [-0.2, 0) is 10.8 Å². The van der Waals surface area contributed by atoms with Crippen LogP contribution in [0.5, 0.6) is 23.0 Å².